The Morgan fingerprint density at radius 1 is 1.21 bits per heavy atom. The number of amides is 3. The molecule has 0 unspecified atom stereocenters. The highest BCUT2D eigenvalue weighted by molar-refractivity contribution is 8.26. The van der Waals surface area contributed by atoms with E-state index in [9.17, 15) is 28.0 Å². The number of hydrogen-bond acceptors (Lipinski definition) is 7. The summed E-state index contributed by atoms with van der Waals surface area (Å²) in [5.41, 5.74) is 1.14. The minimum absolute atomic E-state index is 0.159. The maximum atomic E-state index is 13.5. The molecule has 0 bridgehead atoms. The molecule has 3 rings (SSSR count). The second kappa shape index (κ2) is 10.8. The maximum Gasteiger partial charge on any atom is 0.322 e. The third-order valence-electron chi connectivity index (χ3n) is 4.51. The minimum atomic E-state index is -1.22. The van der Waals surface area contributed by atoms with Gasteiger partial charge in [0.15, 0.2) is 11.6 Å². The van der Waals surface area contributed by atoms with Crippen molar-refractivity contribution in [3.8, 4) is 11.1 Å². The Balaban J connectivity index is 1.63. The molecule has 34 heavy (non-hydrogen) atoms. The molecule has 1 aromatic carbocycles. The SMILES string of the molecule is C[C@H](NC(=O)CN1C(=O)/C(=C/c2cc(-c3ccc(F)c(F)c3)cs2)SC1=S)C(=O)NCC(=O)O. The zero-order chi connectivity index (χ0) is 25.0. The smallest absolute Gasteiger partial charge is 0.322 e. The van der Waals surface area contributed by atoms with Crippen LogP contribution in [0.5, 0.6) is 0 Å². The Morgan fingerprint density at radius 3 is 2.62 bits per heavy atom. The second-order valence-electron chi connectivity index (χ2n) is 7.04. The van der Waals surface area contributed by atoms with Gasteiger partial charge in [-0.2, -0.15) is 0 Å². The number of halogens is 2. The number of carbonyl (C=O) groups is 4. The number of hydrogen-bond donors (Lipinski definition) is 3. The summed E-state index contributed by atoms with van der Waals surface area (Å²) >= 11 is 7.50. The molecule has 8 nitrogen and oxygen atoms in total. The molecule has 1 aliphatic heterocycles. The van der Waals surface area contributed by atoms with Crippen molar-refractivity contribution in [1.29, 1.82) is 0 Å². The lowest BCUT2D eigenvalue weighted by atomic mass is 10.1. The van der Waals surface area contributed by atoms with E-state index in [0.717, 1.165) is 28.8 Å². The number of thiocarbonyl (C=S) groups is 1. The van der Waals surface area contributed by atoms with Gasteiger partial charge in [-0.25, -0.2) is 8.78 Å². The lowest BCUT2D eigenvalue weighted by Gasteiger charge is -2.17. The first-order chi connectivity index (χ1) is 16.0. The third-order valence-corrected chi connectivity index (χ3v) is 6.76. The molecule has 1 atom stereocenters. The van der Waals surface area contributed by atoms with Crippen molar-refractivity contribution in [2.75, 3.05) is 13.1 Å². The normalized spacial score (nSPS) is 15.5. The Bertz CT molecular complexity index is 1210. The monoisotopic (exact) mass is 525 g/mol. The van der Waals surface area contributed by atoms with Crippen molar-refractivity contribution in [2.45, 2.75) is 13.0 Å². The van der Waals surface area contributed by atoms with Crippen LogP contribution in [0.3, 0.4) is 0 Å². The number of carboxylic acid groups (broad SMARTS) is 1. The Kier molecular flexibility index (Phi) is 8.12. The summed E-state index contributed by atoms with van der Waals surface area (Å²) in [6.45, 7) is 0.378. The molecule has 0 saturated carbocycles. The van der Waals surface area contributed by atoms with Crippen molar-refractivity contribution in [2.24, 2.45) is 0 Å². The fraction of sp³-hybridized carbons (Fsp3) is 0.190. The summed E-state index contributed by atoms with van der Waals surface area (Å²) in [6.07, 6.45) is 1.59. The lowest BCUT2D eigenvalue weighted by Crippen LogP contribution is -2.49. The van der Waals surface area contributed by atoms with Crippen LogP contribution in [0, 0.1) is 11.6 Å². The van der Waals surface area contributed by atoms with Crippen LogP contribution in [-0.4, -0.2) is 57.1 Å². The van der Waals surface area contributed by atoms with Crippen molar-refractivity contribution in [1.82, 2.24) is 15.5 Å². The molecular weight excluding hydrogens is 508 g/mol. The van der Waals surface area contributed by atoms with E-state index >= 15 is 0 Å². The molecule has 0 aliphatic carbocycles. The molecule has 0 radical (unpaired) electrons. The van der Waals surface area contributed by atoms with Gasteiger partial charge in [0.05, 0.1) is 4.91 Å². The maximum absolute atomic E-state index is 13.5. The molecule has 0 spiro atoms. The number of benzene rings is 1. The Morgan fingerprint density at radius 2 is 1.94 bits per heavy atom. The van der Waals surface area contributed by atoms with Gasteiger partial charge in [0.25, 0.3) is 5.91 Å². The molecule has 1 aromatic heterocycles. The van der Waals surface area contributed by atoms with Gasteiger partial charge in [-0.3, -0.25) is 24.1 Å². The molecule has 2 aromatic rings. The van der Waals surface area contributed by atoms with Crippen LogP contribution in [0.1, 0.15) is 11.8 Å². The van der Waals surface area contributed by atoms with Crippen LogP contribution < -0.4 is 10.6 Å². The number of carboxylic acids is 1. The van der Waals surface area contributed by atoms with Crippen molar-refractivity contribution in [3.05, 3.63) is 51.1 Å². The zero-order valence-corrected chi connectivity index (χ0v) is 19.9. The summed E-state index contributed by atoms with van der Waals surface area (Å²) in [7, 11) is 0. The average molecular weight is 526 g/mol. The molecule has 3 amide bonds. The van der Waals surface area contributed by atoms with E-state index in [1.807, 2.05) is 0 Å². The van der Waals surface area contributed by atoms with E-state index in [-0.39, 0.29) is 9.23 Å². The van der Waals surface area contributed by atoms with Gasteiger partial charge < -0.3 is 15.7 Å². The van der Waals surface area contributed by atoms with Gasteiger partial charge in [-0.1, -0.05) is 30.0 Å². The number of thioether (sulfide) groups is 1. The van der Waals surface area contributed by atoms with Crippen molar-refractivity contribution < 1.29 is 33.1 Å². The van der Waals surface area contributed by atoms with Gasteiger partial charge in [-0.05, 0) is 47.7 Å². The highest BCUT2D eigenvalue weighted by atomic mass is 32.2. The average Bonchev–Trinajstić information content (AvgIpc) is 3.34. The molecule has 13 heteroatoms. The van der Waals surface area contributed by atoms with Gasteiger partial charge in [0.1, 0.15) is 23.5 Å². The predicted octanol–water partition coefficient (Wildman–Crippen LogP) is 2.60. The van der Waals surface area contributed by atoms with E-state index in [0.29, 0.717) is 16.0 Å². The minimum Gasteiger partial charge on any atom is -0.480 e. The number of nitrogens with one attached hydrogen (secondary N) is 2. The third kappa shape index (κ3) is 6.24. The largest absolute Gasteiger partial charge is 0.480 e. The molecule has 3 N–H and O–H groups in total. The second-order valence-corrected chi connectivity index (χ2v) is 9.65. The number of nitrogens with zero attached hydrogens (tertiary/aromatic N) is 1. The number of thiophene rings is 1. The predicted molar refractivity (Wildman–Crippen MR) is 128 cm³/mol. The van der Waals surface area contributed by atoms with E-state index in [2.05, 4.69) is 10.6 Å². The topological polar surface area (TPSA) is 116 Å². The van der Waals surface area contributed by atoms with Crippen LogP contribution in [0.4, 0.5) is 8.78 Å². The van der Waals surface area contributed by atoms with Crippen molar-refractivity contribution in [3.63, 3.8) is 0 Å². The quantitative estimate of drug-likeness (QED) is 0.358. The summed E-state index contributed by atoms with van der Waals surface area (Å²) in [6, 6.07) is 4.28. The van der Waals surface area contributed by atoms with Crippen LogP contribution in [-0.2, 0) is 19.2 Å². The molecule has 178 valence electrons. The van der Waals surface area contributed by atoms with Crippen LogP contribution >= 0.6 is 35.3 Å². The number of aliphatic carboxylic acids is 1. The van der Waals surface area contributed by atoms with Gasteiger partial charge in [0.2, 0.25) is 11.8 Å². The van der Waals surface area contributed by atoms with E-state index in [1.54, 1.807) is 17.5 Å². The van der Waals surface area contributed by atoms with Gasteiger partial charge in [0, 0.05) is 4.88 Å². The molecule has 1 saturated heterocycles. The number of carbonyl (C=O) groups excluding carboxylic acids is 3. The van der Waals surface area contributed by atoms with Crippen LogP contribution in [0.25, 0.3) is 17.2 Å². The highest BCUT2D eigenvalue weighted by Gasteiger charge is 2.34. The van der Waals surface area contributed by atoms with Crippen LogP contribution in [0.15, 0.2) is 34.6 Å². The first-order valence-electron chi connectivity index (χ1n) is 9.63. The van der Waals surface area contributed by atoms with Crippen molar-refractivity contribution >= 4 is 69.4 Å². The van der Waals surface area contributed by atoms with Gasteiger partial charge in [-0.15, -0.1) is 11.3 Å². The highest BCUT2D eigenvalue weighted by Crippen LogP contribution is 2.35. The van der Waals surface area contributed by atoms with E-state index in [1.165, 1.54) is 24.3 Å². The van der Waals surface area contributed by atoms with E-state index in [4.69, 9.17) is 17.3 Å². The van der Waals surface area contributed by atoms with Gasteiger partial charge >= 0.3 is 5.97 Å². The Hall–Kier alpha value is -3.16. The van der Waals surface area contributed by atoms with Crippen LogP contribution in [0.2, 0.25) is 0 Å². The summed E-state index contributed by atoms with van der Waals surface area (Å²) in [5, 5.41) is 14.9. The fourth-order valence-corrected chi connectivity index (χ4v) is 5.00. The fourth-order valence-electron chi connectivity index (χ4n) is 2.83. The molecule has 1 aliphatic rings. The first-order valence-corrected chi connectivity index (χ1v) is 11.7. The van der Waals surface area contributed by atoms with E-state index < -0.39 is 54.5 Å². The Labute approximate surface area is 206 Å². The first kappa shape index (κ1) is 25.5. The molecule has 2 heterocycles. The molecule has 1 fully saturated rings. The zero-order valence-electron chi connectivity index (χ0n) is 17.5. The summed E-state index contributed by atoms with van der Waals surface area (Å²) < 4.78 is 26.8. The standard InChI is InChI=1S/C21H17F2N3O5S3/c1-10(19(30)24-7-18(28)29)25-17(27)8-26-20(31)16(34-21(26)32)6-13-4-12(9-33-13)11-2-3-14(22)15(23)5-11/h2-6,9-10H,7-8H2,1H3,(H,24,30)(H,25,27)(H,28,29)/b16-6-/t10-/m0/s1. The molecular formula is C21H17F2N3O5S3. The summed E-state index contributed by atoms with van der Waals surface area (Å²) in [5.74, 6) is -4.95. The summed E-state index contributed by atoms with van der Waals surface area (Å²) in [4.78, 5) is 49.4. The lowest BCUT2D eigenvalue weighted by molar-refractivity contribution is -0.138. The number of rotatable bonds is 8.